The number of hydrogen-bond donors (Lipinski definition) is 0. The molecule has 1 heterocycles. The predicted molar refractivity (Wildman–Crippen MR) is 64.0 cm³/mol. The van der Waals surface area contributed by atoms with Crippen LogP contribution in [0, 0.1) is 0 Å². The van der Waals surface area contributed by atoms with E-state index in [4.69, 9.17) is 21.1 Å². The number of halogens is 2. The highest BCUT2D eigenvalue weighted by Gasteiger charge is 2.09. The molecule has 0 atom stereocenters. The van der Waals surface area contributed by atoms with E-state index < -0.39 is 0 Å². The van der Waals surface area contributed by atoms with Crippen molar-refractivity contribution < 1.29 is 14.3 Å². The molecule has 1 rings (SSSR count). The van der Waals surface area contributed by atoms with Gasteiger partial charge in [0.2, 0.25) is 0 Å². The van der Waals surface area contributed by atoms with E-state index in [9.17, 15) is 4.79 Å². The molecule has 0 amide bonds. The van der Waals surface area contributed by atoms with Crippen LogP contribution in [-0.4, -0.2) is 30.0 Å². The molecule has 0 spiro atoms. The van der Waals surface area contributed by atoms with Crippen LogP contribution >= 0.6 is 27.5 Å². The number of nitrogens with zero attached hydrogens (tertiary/aromatic N) is 1. The van der Waals surface area contributed by atoms with Crippen LogP contribution < -0.4 is 0 Å². The average molecular weight is 309 g/mol. The van der Waals surface area contributed by atoms with Gasteiger partial charge in [-0.1, -0.05) is 33.6 Å². The topological polar surface area (TPSA) is 48.4 Å². The molecule has 0 aliphatic carbocycles. The second kappa shape index (κ2) is 6.96. The Bertz CT molecular complexity index is 373. The van der Waals surface area contributed by atoms with Crippen molar-refractivity contribution in [1.82, 2.24) is 4.98 Å². The SMILES string of the molecule is COCOCc1ccc(C(=O)CBr)nc1Cl. The Hall–Kier alpha value is -0.490. The van der Waals surface area contributed by atoms with Crippen LogP contribution in [0.5, 0.6) is 0 Å². The lowest BCUT2D eigenvalue weighted by atomic mass is 10.2. The Morgan fingerprint density at radius 3 is 2.88 bits per heavy atom. The molecule has 0 fully saturated rings. The molecule has 88 valence electrons. The Morgan fingerprint density at radius 1 is 1.56 bits per heavy atom. The largest absolute Gasteiger partial charge is 0.359 e. The fourth-order valence-electron chi connectivity index (χ4n) is 1.03. The van der Waals surface area contributed by atoms with Gasteiger partial charge in [0.1, 0.15) is 17.6 Å². The van der Waals surface area contributed by atoms with Crippen molar-refractivity contribution in [3.8, 4) is 0 Å². The summed E-state index contributed by atoms with van der Waals surface area (Å²) < 4.78 is 9.87. The first-order valence-corrected chi connectivity index (χ1v) is 6.00. The number of ether oxygens (including phenoxy) is 2. The second-order valence-corrected chi connectivity index (χ2v) is 3.88. The smallest absolute Gasteiger partial charge is 0.191 e. The molecule has 0 aliphatic rings. The number of alkyl halides is 1. The molecule has 0 radical (unpaired) electrons. The highest BCUT2D eigenvalue weighted by atomic mass is 79.9. The van der Waals surface area contributed by atoms with Crippen LogP contribution in [0.15, 0.2) is 12.1 Å². The summed E-state index contributed by atoms with van der Waals surface area (Å²) in [7, 11) is 1.54. The summed E-state index contributed by atoms with van der Waals surface area (Å²) in [6.45, 7) is 0.501. The first kappa shape index (κ1) is 13.6. The number of ketones is 1. The number of pyridine rings is 1. The lowest BCUT2D eigenvalue weighted by Crippen LogP contribution is -2.05. The minimum Gasteiger partial charge on any atom is -0.359 e. The van der Waals surface area contributed by atoms with E-state index in [0.717, 1.165) is 5.56 Å². The molecule has 0 saturated heterocycles. The quantitative estimate of drug-likeness (QED) is 0.266. The molecule has 4 nitrogen and oxygen atoms in total. The fraction of sp³-hybridized carbons (Fsp3) is 0.400. The third-order valence-electron chi connectivity index (χ3n) is 1.79. The van der Waals surface area contributed by atoms with Crippen LogP contribution in [0.3, 0.4) is 0 Å². The van der Waals surface area contributed by atoms with E-state index in [1.807, 2.05) is 0 Å². The van der Waals surface area contributed by atoms with Crippen molar-refractivity contribution in [2.45, 2.75) is 6.61 Å². The van der Waals surface area contributed by atoms with E-state index in [0.29, 0.717) is 12.3 Å². The Morgan fingerprint density at radius 2 is 2.31 bits per heavy atom. The fourth-order valence-corrected chi connectivity index (χ4v) is 1.53. The van der Waals surface area contributed by atoms with Gasteiger partial charge < -0.3 is 9.47 Å². The number of carbonyl (C=O) groups excluding carboxylic acids is 1. The molecule has 0 aromatic carbocycles. The summed E-state index contributed by atoms with van der Waals surface area (Å²) in [6, 6.07) is 3.35. The van der Waals surface area contributed by atoms with E-state index in [1.165, 1.54) is 7.11 Å². The summed E-state index contributed by atoms with van der Waals surface area (Å²) in [5.74, 6) is -0.105. The Balaban J connectivity index is 2.71. The second-order valence-electron chi connectivity index (χ2n) is 2.96. The zero-order chi connectivity index (χ0) is 12.0. The van der Waals surface area contributed by atoms with Gasteiger partial charge in [-0.15, -0.1) is 0 Å². The van der Waals surface area contributed by atoms with Crippen molar-refractivity contribution in [1.29, 1.82) is 0 Å². The maximum absolute atomic E-state index is 11.3. The molecule has 0 saturated carbocycles. The summed E-state index contributed by atoms with van der Waals surface area (Å²) in [6.07, 6.45) is 0. The third-order valence-corrected chi connectivity index (χ3v) is 2.63. The van der Waals surface area contributed by atoms with Gasteiger partial charge in [0.25, 0.3) is 0 Å². The van der Waals surface area contributed by atoms with Gasteiger partial charge in [-0.05, 0) is 6.07 Å². The van der Waals surface area contributed by atoms with Gasteiger partial charge in [0, 0.05) is 12.7 Å². The van der Waals surface area contributed by atoms with E-state index >= 15 is 0 Å². The van der Waals surface area contributed by atoms with Crippen molar-refractivity contribution in [3.05, 3.63) is 28.5 Å². The normalized spacial score (nSPS) is 10.4. The number of carbonyl (C=O) groups is 1. The van der Waals surface area contributed by atoms with Crippen LogP contribution in [0.4, 0.5) is 0 Å². The van der Waals surface area contributed by atoms with Crippen LogP contribution in [0.2, 0.25) is 5.15 Å². The highest BCUT2D eigenvalue weighted by Crippen LogP contribution is 2.15. The molecule has 1 aromatic rings. The first-order valence-electron chi connectivity index (χ1n) is 4.50. The van der Waals surface area contributed by atoms with Crippen molar-refractivity contribution in [3.63, 3.8) is 0 Å². The Labute approximate surface area is 107 Å². The molecule has 0 bridgehead atoms. The molecule has 16 heavy (non-hydrogen) atoms. The lowest BCUT2D eigenvalue weighted by Gasteiger charge is -2.05. The standard InChI is InChI=1S/C10H11BrClNO3/c1-15-6-16-5-7-2-3-8(9(14)4-11)13-10(7)12/h2-3H,4-6H2,1H3. The van der Waals surface area contributed by atoms with Gasteiger partial charge in [-0.2, -0.15) is 0 Å². The summed E-state index contributed by atoms with van der Waals surface area (Å²) in [4.78, 5) is 15.3. The van der Waals surface area contributed by atoms with Gasteiger partial charge >= 0.3 is 0 Å². The van der Waals surface area contributed by atoms with E-state index in [-0.39, 0.29) is 23.1 Å². The zero-order valence-corrected chi connectivity index (χ0v) is 11.0. The molecule has 0 aliphatic heterocycles. The van der Waals surface area contributed by atoms with Crippen molar-refractivity contribution in [2.24, 2.45) is 0 Å². The summed E-state index contributed by atoms with van der Waals surface area (Å²) >= 11 is 8.98. The maximum atomic E-state index is 11.3. The van der Waals surface area contributed by atoms with Gasteiger partial charge in [0.05, 0.1) is 11.9 Å². The van der Waals surface area contributed by atoms with Crippen LogP contribution in [0.25, 0.3) is 0 Å². The van der Waals surface area contributed by atoms with Gasteiger partial charge in [-0.3, -0.25) is 4.79 Å². The van der Waals surface area contributed by atoms with Gasteiger partial charge in [-0.25, -0.2) is 4.98 Å². The number of hydrogen-bond acceptors (Lipinski definition) is 4. The summed E-state index contributed by atoms with van der Waals surface area (Å²) in [5.41, 5.74) is 1.07. The number of Topliss-reactive ketones (excluding diaryl/α,β-unsaturated/α-hetero) is 1. The van der Waals surface area contributed by atoms with Crippen LogP contribution in [-0.2, 0) is 16.1 Å². The maximum Gasteiger partial charge on any atom is 0.191 e. The lowest BCUT2D eigenvalue weighted by molar-refractivity contribution is -0.0391. The minimum atomic E-state index is -0.105. The number of aromatic nitrogens is 1. The van der Waals surface area contributed by atoms with Crippen molar-refractivity contribution >= 4 is 33.3 Å². The Kier molecular flexibility index (Phi) is 5.90. The monoisotopic (exact) mass is 307 g/mol. The molecular formula is C10H11BrClNO3. The molecule has 1 aromatic heterocycles. The third kappa shape index (κ3) is 3.83. The van der Waals surface area contributed by atoms with E-state index in [2.05, 4.69) is 20.9 Å². The first-order chi connectivity index (χ1) is 7.69. The number of methoxy groups -OCH3 is 1. The predicted octanol–water partition coefficient (Wildman–Crippen LogP) is 2.43. The molecular weight excluding hydrogens is 297 g/mol. The summed E-state index contributed by atoms with van der Waals surface area (Å²) in [5, 5.41) is 0.512. The van der Waals surface area contributed by atoms with Gasteiger partial charge in [0.15, 0.2) is 5.78 Å². The minimum absolute atomic E-state index is 0.105. The van der Waals surface area contributed by atoms with Crippen molar-refractivity contribution in [2.75, 3.05) is 19.2 Å². The highest BCUT2D eigenvalue weighted by molar-refractivity contribution is 9.09. The average Bonchev–Trinajstić information content (AvgIpc) is 2.30. The number of rotatable bonds is 6. The molecule has 6 heteroatoms. The molecule has 0 unspecified atom stereocenters. The van der Waals surface area contributed by atoms with Crippen LogP contribution in [0.1, 0.15) is 16.1 Å². The zero-order valence-electron chi connectivity index (χ0n) is 8.70. The molecule has 0 N–H and O–H groups in total. The van der Waals surface area contributed by atoms with E-state index in [1.54, 1.807) is 12.1 Å².